The highest BCUT2D eigenvalue weighted by Gasteiger charge is 2.06. The van der Waals surface area contributed by atoms with Crippen molar-refractivity contribution in [1.82, 2.24) is 10.6 Å². The van der Waals surface area contributed by atoms with Gasteiger partial charge in [0.2, 0.25) is 0 Å². The fourth-order valence-corrected chi connectivity index (χ4v) is 1.89. The van der Waals surface area contributed by atoms with E-state index in [1.54, 1.807) is 14.2 Å². The average molecular weight is 293 g/mol. The summed E-state index contributed by atoms with van der Waals surface area (Å²) in [6, 6.07) is 5.94. The number of aliphatic imine (C=N–C) groups is 1. The van der Waals surface area contributed by atoms with Crippen molar-refractivity contribution in [2.24, 2.45) is 4.99 Å². The number of nitrogens with zero attached hydrogens (tertiary/aromatic N) is 1. The van der Waals surface area contributed by atoms with Crippen LogP contribution in [0.2, 0.25) is 0 Å². The zero-order chi connectivity index (χ0) is 15.5. The molecule has 1 rings (SSSR count). The largest absolute Gasteiger partial charge is 0.493 e. The van der Waals surface area contributed by atoms with E-state index < -0.39 is 0 Å². The van der Waals surface area contributed by atoms with Crippen LogP contribution in [0, 0.1) is 0 Å². The Hall–Kier alpha value is -1.91. The van der Waals surface area contributed by atoms with E-state index in [0.29, 0.717) is 13.2 Å². The summed E-state index contributed by atoms with van der Waals surface area (Å²) in [6.45, 7) is 6.38. The van der Waals surface area contributed by atoms with Gasteiger partial charge in [0.15, 0.2) is 17.5 Å². The molecule has 0 aliphatic carbocycles. The molecule has 1 aromatic carbocycles. The lowest BCUT2D eigenvalue weighted by atomic mass is 10.2. The van der Waals surface area contributed by atoms with Gasteiger partial charge >= 0.3 is 0 Å². The Balaban J connectivity index is 2.59. The fraction of sp³-hybridized carbons (Fsp3) is 0.562. The third-order valence-corrected chi connectivity index (χ3v) is 3.03. The molecule has 0 spiro atoms. The van der Waals surface area contributed by atoms with Crippen LogP contribution in [0.4, 0.5) is 0 Å². The molecule has 0 aliphatic rings. The molecule has 0 amide bonds. The number of hydrogen-bond donors (Lipinski definition) is 2. The van der Waals surface area contributed by atoms with Crippen molar-refractivity contribution >= 4 is 5.96 Å². The predicted molar refractivity (Wildman–Crippen MR) is 87.3 cm³/mol. The Labute approximate surface area is 127 Å². The van der Waals surface area contributed by atoms with Gasteiger partial charge in [0, 0.05) is 20.1 Å². The van der Waals surface area contributed by atoms with Gasteiger partial charge in [-0.3, -0.25) is 4.99 Å². The summed E-state index contributed by atoms with van der Waals surface area (Å²) < 4.78 is 10.9. The van der Waals surface area contributed by atoms with Crippen molar-refractivity contribution in [3.8, 4) is 11.5 Å². The van der Waals surface area contributed by atoms with Gasteiger partial charge < -0.3 is 20.1 Å². The van der Waals surface area contributed by atoms with E-state index in [1.807, 2.05) is 25.1 Å². The van der Waals surface area contributed by atoms with Crippen LogP contribution in [-0.4, -0.2) is 33.3 Å². The first kappa shape index (κ1) is 17.1. The molecule has 0 heterocycles. The van der Waals surface area contributed by atoms with E-state index >= 15 is 0 Å². The lowest BCUT2D eigenvalue weighted by molar-refractivity contribution is 0.310. The zero-order valence-corrected chi connectivity index (χ0v) is 13.5. The summed E-state index contributed by atoms with van der Waals surface area (Å²) in [4.78, 5) is 4.21. The first-order valence-corrected chi connectivity index (χ1v) is 7.49. The van der Waals surface area contributed by atoms with E-state index in [0.717, 1.165) is 36.0 Å². The minimum absolute atomic E-state index is 0.619. The SMILES string of the molecule is CCCCNC(=NC)NCc1ccc(OC)c(OCC)c1. The highest BCUT2D eigenvalue weighted by molar-refractivity contribution is 5.79. The number of rotatable bonds is 8. The van der Waals surface area contributed by atoms with E-state index in [9.17, 15) is 0 Å². The van der Waals surface area contributed by atoms with Crippen molar-refractivity contribution in [3.05, 3.63) is 23.8 Å². The topological polar surface area (TPSA) is 54.9 Å². The molecule has 2 N–H and O–H groups in total. The number of nitrogens with one attached hydrogen (secondary N) is 2. The van der Waals surface area contributed by atoms with Gasteiger partial charge in [0.25, 0.3) is 0 Å². The van der Waals surface area contributed by atoms with Gasteiger partial charge in [-0.05, 0) is 31.0 Å². The summed E-state index contributed by atoms with van der Waals surface area (Å²) in [6.07, 6.45) is 2.30. The summed E-state index contributed by atoms with van der Waals surface area (Å²) >= 11 is 0. The molecule has 21 heavy (non-hydrogen) atoms. The number of hydrogen-bond acceptors (Lipinski definition) is 3. The normalized spacial score (nSPS) is 11.1. The number of methoxy groups -OCH3 is 1. The Morgan fingerprint density at radius 1 is 1.19 bits per heavy atom. The Morgan fingerprint density at radius 2 is 2.00 bits per heavy atom. The second-order valence-electron chi connectivity index (χ2n) is 4.62. The van der Waals surface area contributed by atoms with Gasteiger partial charge in [-0.25, -0.2) is 0 Å². The maximum Gasteiger partial charge on any atom is 0.191 e. The third-order valence-electron chi connectivity index (χ3n) is 3.03. The van der Waals surface area contributed by atoms with Crippen molar-refractivity contribution in [2.75, 3.05) is 27.3 Å². The monoisotopic (exact) mass is 293 g/mol. The smallest absolute Gasteiger partial charge is 0.191 e. The summed E-state index contributed by atoms with van der Waals surface area (Å²) in [5.41, 5.74) is 1.12. The maximum absolute atomic E-state index is 5.58. The van der Waals surface area contributed by atoms with E-state index in [1.165, 1.54) is 6.42 Å². The summed E-state index contributed by atoms with van der Waals surface area (Å²) in [5, 5.41) is 6.58. The molecule has 0 saturated carbocycles. The predicted octanol–water partition coefficient (Wildman–Crippen LogP) is 2.56. The van der Waals surface area contributed by atoms with E-state index in [4.69, 9.17) is 9.47 Å². The summed E-state index contributed by atoms with van der Waals surface area (Å²) in [7, 11) is 3.43. The van der Waals surface area contributed by atoms with Crippen molar-refractivity contribution in [2.45, 2.75) is 33.2 Å². The molecule has 5 heteroatoms. The molecule has 0 unspecified atom stereocenters. The highest BCUT2D eigenvalue weighted by Crippen LogP contribution is 2.27. The Morgan fingerprint density at radius 3 is 2.62 bits per heavy atom. The van der Waals surface area contributed by atoms with Gasteiger partial charge in [-0.1, -0.05) is 19.4 Å². The van der Waals surface area contributed by atoms with Crippen molar-refractivity contribution in [3.63, 3.8) is 0 Å². The van der Waals surface area contributed by atoms with Crippen LogP contribution in [-0.2, 0) is 6.54 Å². The standard InChI is InChI=1S/C16H27N3O2/c1-5-7-10-18-16(17-3)19-12-13-8-9-14(20-4)15(11-13)21-6-2/h8-9,11H,5-7,10,12H2,1-4H3,(H2,17,18,19). The number of benzene rings is 1. The van der Waals surface area contributed by atoms with Crippen LogP contribution in [0.5, 0.6) is 11.5 Å². The average Bonchev–Trinajstić information content (AvgIpc) is 2.51. The van der Waals surface area contributed by atoms with Crippen LogP contribution < -0.4 is 20.1 Å². The molecule has 0 saturated heterocycles. The van der Waals surface area contributed by atoms with Crippen LogP contribution in [0.25, 0.3) is 0 Å². The van der Waals surface area contributed by atoms with Gasteiger partial charge in [0.05, 0.1) is 13.7 Å². The van der Waals surface area contributed by atoms with Crippen molar-refractivity contribution in [1.29, 1.82) is 0 Å². The minimum Gasteiger partial charge on any atom is -0.493 e. The first-order chi connectivity index (χ1) is 10.2. The molecular formula is C16H27N3O2. The van der Waals surface area contributed by atoms with Crippen LogP contribution >= 0.6 is 0 Å². The van der Waals surface area contributed by atoms with Crippen LogP contribution in [0.1, 0.15) is 32.3 Å². The molecular weight excluding hydrogens is 266 g/mol. The molecule has 0 fully saturated rings. The third kappa shape index (κ3) is 5.94. The maximum atomic E-state index is 5.58. The molecule has 0 bridgehead atoms. The van der Waals surface area contributed by atoms with Crippen LogP contribution in [0.3, 0.4) is 0 Å². The minimum atomic E-state index is 0.619. The van der Waals surface area contributed by atoms with Gasteiger partial charge in [-0.2, -0.15) is 0 Å². The highest BCUT2D eigenvalue weighted by atomic mass is 16.5. The quantitative estimate of drug-likeness (QED) is 0.439. The number of guanidine groups is 1. The molecule has 0 atom stereocenters. The molecule has 5 nitrogen and oxygen atoms in total. The van der Waals surface area contributed by atoms with E-state index in [2.05, 4.69) is 22.5 Å². The van der Waals surface area contributed by atoms with Crippen molar-refractivity contribution < 1.29 is 9.47 Å². The van der Waals surface area contributed by atoms with Crippen LogP contribution in [0.15, 0.2) is 23.2 Å². The molecule has 0 aliphatic heterocycles. The van der Waals surface area contributed by atoms with E-state index in [-0.39, 0.29) is 0 Å². The second-order valence-corrected chi connectivity index (χ2v) is 4.62. The summed E-state index contributed by atoms with van der Waals surface area (Å²) in [5.74, 6) is 2.34. The first-order valence-electron chi connectivity index (χ1n) is 7.49. The molecule has 118 valence electrons. The number of ether oxygens (including phenoxy) is 2. The van der Waals surface area contributed by atoms with Gasteiger partial charge in [0.1, 0.15) is 0 Å². The Kier molecular flexibility index (Phi) is 8.09. The second kappa shape index (κ2) is 9.91. The Bertz CT molecular complexity index is 447. The zero-order valence-electron chi connectivity index (χ0n) is 13.5. The fourth-order valence-electron chi connectivity index (χ4n) is 1.89. The lowest BCUT2D eigenvalue weighted by Crippen LogP contribution is -2.37. The molecule has 0 radical (unpaired) electrons. The lowest BCUT2D eigenvalue weighted by Gasteiger charge is -2.14. The molecule has 0 aromatic heterocycles. The number of unbranched alkanes of at least 4 members (excludes halogenated alkanes) is 1. The van der Waals surface area contributed by atoms with Gasteiger partial charge in [-0.15, -0.1) is 0 Å². The molecule has 1 aromatic rings.